The molecular formula is C10H11BrN2O. The van der Waals surface area contributed by atoms with E-state index < -0.39 is 0 Å². The SMILES string of the molecule is NCCC1C(=O)Nc2c(Br)cccc21. The zero-order chi connectivity index (χ0) is 10.1. The van der Waals surface area contributed by atoms with Gasteiger partial charge >= 0.3 is 0 Å². The monoisotopic (exact) mass is 254 g/mol. The fourth-order valence-electron chi connectivity index (χ4n) is 1.77. The van der Waals surface area contributed by atoms with Crippen molar-refractivity contribution in [2.24, 2.45) is 5.73 Å². The number of amides is 1. The van der Waals surface area contributed by atoms with Gasteiger partial charge in [-0.2, -0.15) is 0 Å². The van der Waals surface area contributed by atoms with E-state index in [2.05, 4.69) is 21.2 Å². The summed E-state index contributed by atoms with van der Waals surface area (Å²) in [5.41, 5.74) is 7.42. The average Bonchev–Trinajstić information content (AvgIpc) is 2.47. The van der Waals surface area contributed by atoms with E-state index in [0.29, 0.717) is 13.0 Å². The van der Waals surface area contributed by atoms with Crippen molar-refractivity contribution in [1.29, 1.82) is 0 Å². The molecule has 3 N–H and O–H groups in total. The minimum absolute atomic E-state index is 0.0531. The Morgan fingerprint density at radius 1 is 1.50 bits per heavy atom. The third-order valence-electron chi connectivity index (χ3n) is 2.44. The van der Waals surface area contributed by atoms with Gasteiger partial charge in [-0.15, -0.1) is 0 Å². The number of fused-ring (bicyclic) bond motifs is 1. The number of benzene rings is 1. The molecule has 0 fully saturated rings. The normalized spacial score (nSPS) is 19.3. The number of anilines is 1. The quantitative estimate of drug-likeness (QED) is 0.847. The fourth-order valence-corrected chi connectivity index (χ4v) is 2.25. The predicted molar refractivity (Wildman–Crippen MR) is 59.2 cm³/mol. The molecule has 0 spiro atoms. The van der Waals surface area contributed by atoms with E-state index >= 15 is 0 Å². The van der Waals surface area contributed by atoms with Crippen molar-refractivity contribution in [2.45, 2.75) is 12.3 Å². The second-order valence-corrected chi connectivity index (χ2v) is 4.18. The van der Waals surface area contributed by atoms with Gasteiger partial charge in [0.1, 0.15) is 0 Å². The lowest BCUT2D eigenvalue weighted by Gasteiger charge is -2.05. The summed E-state index contributed by atoms with van der Waals surface area (Å²) < 4.78 is 0.933. The first-order valence-corrected chi connectivity index (χ1v) is 5.32. The molecule has 3 nitrogen and oxygen atoms in total. The molecule has 0 radical (unpaired) electrons. The van der Waals surface area contributed by atoms with E-state index in [1.54, 1.807) is 0 Å². The van der Waals surface area contributed by atoms with Crippen molar-refractivity contribution < 1.29 is 4.79 Å². The van der Waals surface area contributed by atoms with Gasteiger partial charge in [-0.1, -0.05) is 12.1 Å². The summed E-state index contributed by atoms with van der Waals surface area (Å²) in [6.07, 6.45) is 0.704. The predicted octanol–water partition coefficient (Wildman–Crippen LogP) is 1.83. The lowest BCUT2D eigenvalue weighted by Crippen LogP contribution is -2.15. The first kappa shape index (κ1) is 9.68. The molecule has 0 aliphatic carbocycles. The molecule has 74 valence electrons. The summed E-state index contributed by atoms with van der Waals surface area (Å²) in [6, 6.07) is 5.83. The molecule has 1 aliphatic rings. The maximum Gasteiger partial charge on any atom is 0.232 e. The molecule has 1 aromatic carbocycles. The van der Waals surface area contributed by atoms with E-state index in [-0.39, 0.29) is 11.8 Å². The van der Waals surface area contributed by atoms with E-state index in [9.17, 15) is 4.79 Å². The first-order chi connectivity index (χ1) is 6.74. The van der Waals surface area contributed by atoms with Crippen LogP contribution in [0.5, 0.6) is 0 Å². The molecule has 1 heterocycles. The van der Waals surface area contributed by atoms with Gasteiger partial charge in [-0.05, 0) is 40.5 Å². The summed E-state index contributed by atoms with van der Waals surface area (Å²) >= 11 is 3.41. The Morgan fingerprint density at radius 2 is 2.29 bits per heavy atom. The van der Waals surface area contributed by atoms with Crippen molar-refractivity contribution in [3.8, 4) is 0 Å². The molecule has 1 amide bonds. The summed E-state index contributed by atoms with van der Waals surface area (Å²) in [5, 5.41) is 2.86. The van der Waals surface area contributed by atoms with Crippen LogP contribution in [0.25, 0.3) is 0 Å². The lowest BCUT2D eigenvalue weighted by atomic mass is 9.97. The number of hydrogen-bond acceptors (Lipinski definition) is 2. The highest BCUT2D eigenvalue weighted by molar-refractivity contribution is 9.10. The second kappa shape index (κ2) is 3.71. The Kier molecular flexibility index (Phi) is 2.56. The van der Waals surface area contributed by atoms with Crippen LogP contribution in [0.3, 0.4) is 0 Å². The van der Waals surface area contributed by atoms with E-state index in [1.807, 2.05) is 18.2 Å². The van der Waals surface area contributed by atoms with Gasteiger partial charge in [0.05, 0.1) is 11.6 Å². The molecule has 2 rings (SSSR count). The minimum Gasteiger partial charge on any atom is -0.330 e. The van der Waals surface area contributed by atoms with Crippen molar-refractivity contribution in [3.05, 3.63) is 28.2 Å². The summed E-state index contributed by atoms with van der Waals surface area (Å²) in [5.74, 6) is -0.0233. The molecule has 0 aromatic heterocycles. The van der Waals surface area contributed by atoms with Crippen LogP contribution in [-0.2, 0) is 4.79 Å². The number of nitrogens with two attached hydrogens (primary N) is 1. The first-order valence-electron chi connectivity index (χ1n) is 4.53. The van der Waals surface area contributed by atoms with Gasteiger partial charge in [0, 0.05) is 4.47 Å². The van der Waals surface area contributed by atoms with Crippen LogP contribution in [0, 0.1) is 0 Å². The standard InChI is InChI=1S/C10H11BrN2O/c11-8-3-1-2-6-7(4-5-12)10(14)13-9(6)8/h1-3,7H,4-5,12H2,(H,13,14). The zero-order valence-corrected chi connectivity index (χ0v) is 9.17. The number of para-hydroxylation sites is 1. The third-order valence-corrected chi connectivity index (χ3v) is 3.10. The molecule has 0 saturated carbocycles. The van der Waals surface area contributed by atoms with Gasteiger partial charge in [0.2, 0.25) is 5.91 Å². The summed E-state index contributed by atoms with van der Waals surface area (Å²) in [7, 11) is 0. The number of carbonyl (C=O) groups is 1. The zero-order valence-electron chi connectivity index (χ0n) is 7.59. The number of hydrogen-bond donors (Lipinski definition) is 2. The molecule has 1 aliphatic heterocycles. The molecule has 1 atom stereocenters. The Balaban J connectivity index is 2.42. The topological polar surface area (TPSA) is 55.1 Å². The smallest absolute Gasteiger partial charge is 0.232 e. The maximum absolute atomic E-state index is 11.6. The van der Waals surface area contributed by atoms with Crippen molar-refractivity contribution >= 4 is 27.5 Å². The molecule has 1 aromatic rings. The number of rotatable bonds is 2. The van der Waals surface area contributed by atoms with E-state index in [4.69, 9.17) is 5.73 Å². The van der Waals surface area contributed by atoms with Crippen molar-refractivity contribution in [1.82, 2.24) is 0 Å². The van der Waals surface area contributed by atoms with Gasteiger partial charge in [-0.25, -0.2) is 0 Å². The van der Waals surface area contributed by atoms with Crippen LogP contribution < -0.4 is 11.1 Å². The molecule has 4 heteroatoms. The van der Waals surface area contributed by atoms with Crippen LogP contribution in [0.4, 0.5) is 5.69 Å². The highest BCUT2D eigenvalue weighted by Crippen LogP contribution is 2.38. The number of halogens is 1. The van der Waals surface area contributed by atoms with Gasteiger partial charge in [0.25, 0.3) is 0 Å². The molecule has 14 heavy (non-hydrogen) atoms. The van der Waals surface area contributed by atoms with E-state index in [0.717, 1.165) is 15.7 Å². The third kappa shape index (κ3) is 1.44. The van der Waals surface area contributed by atoms with E-state index in [1.165, 1.54) is 0 Å². The Bertz CT molecular complexity index is 378. The van der Waals surface area contributed by atoms with Crippen LogP contribution in [0.15, 0.2) is 22.7 Å². The Morgan fingerprint density at radius 3 is 3.00 bits per heavy atom. The molecule has 0 bridgehead atoms. The highest BCUT2D eigenvalue weighted by atomic mass is 79.9. The number of carbonyl (C=O) groups excluding carboxylic acids is 1. The second-order valence-electron chi connectivity index (χ2n) is 3.32. The number of nitrogens with one attached hydrogen (secondary N) is 1. The van der Waals surface area contributed by atoms with Crippen LogP contribution in [0.1, 0.15) is 17.9 Å². The molecule has 1 unspecified atom stereocenters. The van der Waals surface area contributed by atoms with Crippen molar-refractivity contribution in [3.63, 3.8) is 0 Å². The Labute approximate surface area is 90.8 Å². The van der Waals surface area contributed by atoms with Crippen molar-refractivity contribution in [2.75, 3.05) is 11.9 Å². The van der Waals surface area contributed by atoms with Crippen LogP contribution >= 0.6 is 15.9 Å². The average molecular weight is 255 g/mol. The van der Waals surface area contributed by atoms with Crippen LogP contribution in [-0.4, -0.2) is 12.5 Å². The lowest BCUT2D eigenvalue weighted by molar-refractivity contribution is -0.117. The van der Waals surface area contributed by atoms with Gasteiger partial charge in [-0.3, -0.25) is 4.79 Å². The summed E-state index contributed by atoms with van der Waals surface area (Å²) in [4.78, 5) is 11.6. The maximum atomic E-state index is 11.6. The Hall–Kier alpha value is -0.870. The highest BCUT2D eigenvalue weighted by Gasteiger charge is 2.30. The minimum atomic E-state index is -0.0764. The summed E-state index contributed by atoms with van der Waals surface area (Å²) in [6.45, 7) is 0.532. The largest absolute Gasteiger partial charge is 0.330 e. The van der Waals surface area contributed by atoms with Gasteiger partial charge in [0.15, 0.2) is 0 Å². The van der Waals surface area contributed by atoms with Crippen LogP contribution in [0.2, 0.25) is 0 Å². The van der Waals surface area contributed by atoms with Gasteiger partial charge < -0.3 is 11.1 Å². The molecule has 0 saturated heterocycles. The fraction of sp³-hybridized carbons (Fsp3) is 0.300. The molecular weight excluding hydrogens is 244 g/mol.